The third-order valence-corrected chi connectivity index (χ3v) is 7.32. The minimum atomic E-state index is -3.99. The van der Waals surface area contributed by atoms with Crippen LogP contribution in [0.1, 0.15) is 18.5 Å². The predicted octanol–water partition coefficient (Wildman–Crippen LogP) is 2.43. The maximum atomic E-state index is 12.9. The first kappa shape index (κ1) is 23.1. The molecule has 2 aromatic carbocycles. The van der Waals surface area contributed by atoms with Crippen molar-refractivity contribution in [1.82, 2.24) is 14.5 Å². The smallest absolute Gasteiger partial charge is 0.289 e. The van der Waals surface area contributed by atoms with Crippen molar-refractivity contribution in [3.8, 4) is 0 Å². The van der Waals surface area contributed by atoms with Crippen LogP contribution in [0.5, 0.6) is 0 Å². The van der Waals surface area contributed by atoms with Gasteiger partial charge in [0.15, 0.2) is 4.90 Å². The van der Waals surface area contributed by atoms with Gasteiger partial charge in [0.05, 0.1) is 17.5 Å². The zero-order valence-corrected chi connectivity index (χ0v) is 18.5. The van der Waals surface area contributed by atoms with Gasteiger partial charge in [0, 0.05) is 37.3 Å². The molecule has 1 unspecified atom stereocenters. The Kier molecular flexibility index (Phi) is 7.26. The van der Waals surface area contributed by atoms with E-state index >= 15 is 0 Å². The summed E-state index contributed by atoms with van der Waals surface area (Å²) >= 11 is 5.88. The van der Waals surface area contributed by atoms with Gasteiger partial charge in [-0.05, 0) is 30.7 Å². The van der Waals surface area contributed by atoms with Crippen LogP contribution in [0.15, 0.2) is 53.4 Å². The summed E-state index contributed by atoms with van der Waals surface area (Å²) in [6.07, 6.45) is 0. The predicted molar refractivity (Wildman–Crippen MR) is 116 cm³/mol. The van der Waals surface area contributed by atoms with Crippen molar-refractivity contribution in [1.29, 1.82) is 0 Å². The molecule has 1 N–H and O–H groups in total. The van der Waals surface area contributed by atoms with Gasteiger partial charge >= 0.3 is 0 Å². The van der Waals surface area contributed by atoms with E-state index in [1.807, 2.05) is 24.0 Å². The van der Waals surface area contributed by atoms with Gasteiger partial charge < -0.3 is 5.32 Å². The molecule has 9 nitrogen and oxygen atoms in total. The number of sulfonamides is 1. The molecular formula is C20H23ClN4O5S. The second-order valence-corrected chi connectivity index (χ2v) is 9.59. The number of benzene rings is 2. The zero-order chi connectivity index (χ0) is 22.6. The van der Waals surface area contributed by atoms with Crippen LogP contribution in [-0.4, -0.2) is 61.2 Å². The highest BCUT2D eigenvalue weighted by Gasteiger charge is 2.33. The maximum Gasteiger partial charge on any atom is 0.289 e. The molecular weight excluding hydrogens is 444 g/mol. The molecule has 3 rings (SSSR count). The molecule has 1 heterocycles. The molecule has 1 atom stereocenters. The van der Waals surface area contributed by atoms with E-state index in [9.17, 15) is 23.3 Å². The highest BCUT2D eigenvalue weighted by molar-refractivity contribution is 7.89. The lowest BCUT2D eigenvalue weighted by molar-refractivity contribution is -0.387. The fraction of sp³-hybridized carbons (Fsp3) is 0.350. The van der Waals surface area contributed by atoms with Crippen LogP contribution in [0.4, 0.5) is 5.69 Å². The van der Waals surface area contributed by atoms with Gasteiger partial charge in [0.25, 0.3) is 5.69 Å². The molecule has 0 spiro atoms. The van der Waals surface area contributed by atoms with E-state index in [4.69, 9.17) is 11.6 Å². The van der Waals surface area contributed by atoms with E-state index in [-0.39, 0.29) is 36.5 Å². The largest absolute Gasteiger partial charge is 0.348 e. The number of nitrogens with one attached hydrogen (secondary N) is 1. The van der Waals surface area contributed by atoms with Crippen LogP contribution >= 0.6 is 11.6 Å². The second kappa shape index (κ2) is 9.73. The van der Waals surface area contributed by atoms with Gasteiger partial charge in [0.1, 0.15) is 0 Å². The number of hydrogen-bond donors (Lipinski definition) is 1. The van der Waals surface area contributed by atoms with E-state index in [0.29, 0.717) is 18.1 Å². The highest BCUT2D eigenvalue weighted by atomic mass is 35.5. The molecule has 1 amide bonds. The van der Waals surface area contributed by atoms with Crippen LogP contribution < -0.4 is 5.32 Å². The summed E-state index contributed by atoms with van der Waals surface area (Å²) in [5, 5.41) is 14.7. The molecule has 2 aromatic rings. The number of carbonyl (C=O) groups excluding carboxylic acids is 1. The quantitative estimate of drug-likeness (QED) is 0.495. The molecule has 1 fully saturated rings. The summed E-state index contributed by atoms with van der Waals surface area (Å²) < 4.78 is 27.0. The molecule has 1 aliphatic rings. The van der Waals surface area contributed by atoms with Gasteiger partial charge in [-0.2, -0.15) is 4.31 Å². The van der Waals surface area contributed by atoms with E-state index in [1.165, 1.54) is 28.6 Å². The van der Waals surface area contributed by atoms with E-state index in [0.717, 1.165) is 5.56 Å². The monoisotopic (exact) mass is 466 g/mol. The number of nitrogens with zero attached hydrogens (tertiary/aromatic N) is 3. The van der Waals surface area contributed by atoms with Gasteiger partial charge in [-0.1, -0.05) is 35.9 Å². The molecule has 1 saturated heterocycles. The van der Waals surface area contributed by atoms with Crippen molar-refractivity contribution in [3.63, 3.8) is 0 Å². The molecule has 31 heavy (non-hydrogen) atoms. The number of para-hydroxylation sites is 1. The first-order valence-corrected chi connectivity index (χ1v) is 11.5. The number of carbonyl (C=O) groups is 1. The van der Waals surface area contributed by atoms with Crippen molar-refractivity contribution < 1.29 is 18.1 Å². The van der Waals surface area contributed by atoms with E-state index < -0.39 is 20.6 Å². The number of halogens is 1. The average Bonchev–Trinajstić information content (AvgIpc) is 2.74. The molecule has 0 saturated carbocycles. The number of rotatable bonds is 7. The molecule has 1 aliphatic heterocycles. The number of hydrogen-bond acceptors (Lipinski definition) is 6. The van der Waals surface area contributed by atoms with Crippen molar-refractivity contribution in [2.45, 2.75) is 17.9 Å². The Morgan fingerprint density at radius 3 is 2.35 bits per heavy atom. The summed E-state index contributed by atoms with van der Waals surface area (Å²) in [6, 6.07) is 12.3. The van der Waals surface area contributed by atoms with Crippen LogP contribution in [0.25, 0.3) is 0 Å². The number of amides is 1. The lowest BCUT2D eigenvalue weighted by Gasteiger charge is -2.33. The number of nitro groups is 1. The van der Waals surface area contributed by atoms with Crippen molar-refractivity contribution in [3.05, 3.63) is 69.2 Å². The Balaban J connectivity index is 1.56. The number of nitro benzene ring substituents is 1. The van der Waals surface area contributed by atoms with Gasteiger partial charge in [0.2, 0.25) is 15.9 Å². The Morgan fingerprint density at radius 1 is 1.13 bits per heavy atom. The lowest BCUT2D eigenvalue weighted by Crippen LogP contribution is -2.51. The van der Waals surface area contributed by atoms with Gasteiger partial charge in [-0.15, -0.1) is 0 Å². The summed E-state index contributed by atoms with van der Waals surface area (Å²) in [5.74, 6) is -0.169. The summed E-state index contributed by atoms with van der Waals surface area (Å²) in [7, 11) is -3.99. The van der Waals surface area contributed by atoms with Gasteiger partial charge in [-0.3, -0.25) is 19.8 Å². The first-order valence-electron chi connectivity index (χ1n) is 9.69. The second-order valence-electron chi connectivity index (χ2n) is 7.25. The zero-order valence-electron chi connectivity index (χ0n) is 16.9. The fourth-order valence-electron chi connectivity index (χ4n) is 3.42. The Hall–Kier alpha value is -2.53. The van der Waals surface area contributed by atoms with Crippen LogP contribution in [0.3, 0.4) is 0 Å². The van der Waals surface area contributed by atoms with Crippen LogP contribution in [0, 0.1) is 10.1 Å². The molecule has 11 heteroatoms. The summed E-state index contributed by atoms with van der Waals surface area (Å²) in [4.78, 5) is 24.4. The third-order valence-electron chi connectivity index (χ3n) is 5.13. The van der Waals surface area contributed by atoms with E-state index in [1.54, 1.807) is 12.1 Å². The van der Waals surface area contributed by atoms with Crippen LogP contribution in [0.2, 0.25) is 5.02 Å². The number of piperazine rings is 1. The highest BCUT2D eigenvalue weighted by Crippen LogP contribution is 2.27. The van der Waals surface area contributed by atoms with E-state index in [2.05, 4.69) is 5.32 Å². The Morgan fingerprint density at radius 2 is 1.74 bits per heavy atom. The molecule has 0 aliphatic carbocycles. The lowest BCUT2D eigenvalue weighted by atomic mass is 10.1. The molecule has 166 valence electrons. The SMILES string of the molecule is CC(NC(=O)CN1CCN(S(=O)(=O)c2ccccc2[N+](=O)[O-])CC1)c1ccc(Cl)cc1. The summed E-state index contributed by atoms with van der Waals surface area (Å²) in [6.45, 7) is 3.00. The maximum absolute atomic E-state index is 12.9. The van der Waals surface area contributed by atoms with Crippen molar-refractivity contribution in [2.75, 3.05) is 32.7 Å². The normalized spacial score (nSPS) is 16.6. The molecule has 0 aromatic heterocycles. The van der Waals surface area contributed by atoms with Crippen molar-refractivity contribution >= 4 is 33.2 Å². The van der Waals surface area contributed by atoms with Gasteiger partial charge in [-0.25, -0.2) is 8.42 Å². The standard InChI is InChI=1S/C20H23ClN4O5S/c1-15(16-6-8-17(21)9-7-16)22-20(26)14-23-10-12-24(13-11-23)31(29,30)19-5-3-2-4-18(19)25(27)28/h2-9,15H,10-14H2,1H3,(H,22,26). The third kappa shape index (κ3) is 5.59. The Labute approximate surface area is 185 Å². The minimum absolute atomic E-state index is 0.136. The Bertz CT molecular complexity index is 1050. The minimum Gasteiger partial charge on any atom is -0.348 e. The summed E-state index contributed by atoms with van der Waals surface area (Å²) in [5.41, 5.74) is 0.485. The topological polar surface area (TPSA) is 113 Å². The fourth-order valence-corrected chi connectivity index (χ4v) is 5.12. The first-order chi connectivity index (χ1) is 14.7. The molecule has 0 radical (unpaired) electrons. The van der Waals surface area contributed by atoms with Crippen molar-refractivity contribution in [2.24, 2.45) is 0 Å². The van der Waals surface area contributed by atoms with Crippen LogP contribution in [-0.2, 0) is 14.8 Å². The molecule has 0 bridgehead atoms. The average molecular weight is 467 g/mol.